The first-order valence-corrected chi connectivity index (χ1v) is 3.81. The molecule has 1 amide bonds. The van der Waals surface area contributed by atoms with Gasteiger partial charge in [0.1, 0.15) is 0 Å². The third-order valence-electron chi connectivity index (χ3n) is 1.61. The van der Waals surface area contributed by atoms with E-state index in [0.717, 1.165) is 12.8 Å². The summed E-state index contributed by atoms with van der Waals surface area (Å²) in [7, 11) is 0. The Morgan fingerprint density at radius 1 is 1.55 bits per heavy atom. The first-order valence-electron chi connectivity index (χ1n) is 3.81. The van der Waals surface area contributed by atoms with Crippen LogP contribution in [-0.2, 0) is 4.79 Å². The Hall–Kier alpha value is -0.610. The fraction of sp³-hybridized carbons (Fsp3) is 0.857. The molecule has 1 atom stereocenters. The van der Waals surface area contributed by atoms with E-state index < -0.39 is 5.91 Å². The molecule has 0 saturated heterocycles. The molecule has 0 aromatic heterocycles. The maximum atomic E-state index is 10.8. The van der Waals surface area contributed by atoms with Crippen LogP contribution in [0.3, 0.4) is 0 Å². The molecule has 0 spiro atoms. The number of hydroxylamine groups is 2. The summed E-state index contributed by atoms with van der Waals surface area (Å²) in [5.74, 6) is -0.941. The Labute approximate surface area is 66.3 Å². The van der Waals surface area contributed by atoms with Crippen LogP contribution in [0.25, 0.3) is 0 Å². The molecule has 11 heavy (non-hydrogen) atoms. The van der Waals surface area contributed by atoms with E-state index in [0.29, 0.717) is 6.42 Å². The lowest BCUT2D eigenvalue weighted by molar-refractivity contribution is -0.288. The number of hydrogen-bond donors (Lipinski definition) is 2. The number of amides is 1. The van der Waals surface area contributed by atoms with Crippen molar-refractivity contribution in [3.63, 3.8) is 0 Å². The topological polar surface area (TPSA) is 60.8 Å². The maximum Gasteiger partial charge on any atom is 0.275 e. The molecule has 66 valence electrons. The summed E-state index contributed by atoms with van der Waals surface area (Å²) in [5.41, 5.74) is 0. The molecule has 4 nitrogen and oxygen atoms in total. The van der Waals surface area contributed by atoms with Crippen molar-refractivity contribution in [1.82, 2.24) is 5.23 Å². The first-order chi connectivity index (χ1) is 5.09. The zero-order valence-corrected chi connectivity index (χ0v) is 6.95. The van der Waals surface area contributed by atoms with Crippen LogP contribution in [0.15, 0.2) is 0 Å². The Bertz CT molecular complexity index is 125. The predicted octanol–water partition coefficient (Wildman–Crippen LogP) is 1.42. The van der Waals surface area contributed by atoms with Crippen molar-refractivity contribution < 1.29 is 15.2 Å². The molecular weight excluding hydrogens is 146 g/mol. The van der Waals surface area contributed by atoms with Gasteiger partial charge in [0, 0.05) is 5.92 Å². The van der Waals surface area contributed by atoms with Crippen molar-refractivity contribution in [2.75, 3.05) is 0 Å². The highest BCUT2D eigenvalue weighted by Crippen LogP contribution is 2.08. The molecule has 0 fully saturated rings. The molecule has 4 heteroatoms. The second-order valence-corrected chi connectivity index (χ2v) is 2.67. The molecule has 0 heterocycles. The van der Waals surface area contributed by atoms with E-state index in [1.54, 1.807) is 6.92 Å². The van der Waals surface area contributed by atoms with Crippen LogP contribution in [0.4, 0.5) is 0 Å². The Kier molecular flexibility index (Phi) is 4.81. The van der Waals surface area contributed by atoms with E-state index in [1.165, 1.54) is 0 Å². The van der Waals surface area contributed by atoms with Crippen molar-refractivity contribution in [2.45, 2.75) is 33.1 Å². The summed E-state index contributed by atoms with van der Waals surface area (Å²) < 4.78 is 0. The zero-order valence-electron chi connectivity index (χ0n) is 6.95. The summed E-state index contributed by atoms with van der Waals surface area (Å²) >= 11 is 0. The number of nitrogens with zero attached hydrogens (tertiary/aromatic N) is 1. The van der Waals surface area contributed by atoms with Gasteiger partial charge in [0.25, 0.3) is 5.91 Å². The molecule has 0 aromatic carbocycles. The van der Waals surface area contributed by atoms with E-state index >= 15 is 0 Å². The van der Waals surface area contributed by atoms with Crippen molar-refractivity contribution in [1.29, 1.82) is 0 Å². The number of carbonyl (C=O) groups excluding carboxylic acids is 1. The summed E-state index contributed by atoms with van der Waals surface area (Å²) in [5, 5.41) is 16.3. The standard InChI is InChI=1S/C7H15NO3/c1-3-4-5-6(2)7(9)8(10)11/h6,10-11H,3-5H2,1-2H3. The number of unbranched alkanes of at least 4 members (excludes halogenated alkanes) is 1. The van der Waals surface area contributed by atoms with Crippen LogP contribution >= 0.6 is 0 Å². The van der Waals surface area contributed by atoms with Crippen LogP contribution in [0.2, 0.25) is 0 Å². The van der Waals surface area contributed by atoms with E-state index in [-0.39, 0.29) is 11.1 Å². The summed E-state index contributed by atoms with van der Waals surface area (Å²) in [4.78, 5) is 10.8. The molecule has 0 bridgehead atoms. The third-order valence-corrected chi connectivity index (χ3v) is 1.61. The minimum absolute atomic E-state index is 0.301. The minimum atomic E-state index is -0.640. The summed E-state index contributed by atoms with van der Waals surface area (Å²) in [6.07, 6.45) is 2.64. The number of carbonyl (C=O) groups is 1. The lowest BCUT2D eigenvalue weighted by Gasteiger charge is -2.11. The van der Waals surface area contributed by atoms with Crippen LogP contribution in [0, 0.1) is 5.92 Å². The lowest BCUT2D eigenvalue weighted by atomic mass is 10.0. The molecule has 0 aliphatic rings. The largest absolute Gasteiger partial charge is 0.275 e. The maximum absolute atomic E-state index is 10.8. The summed E-state index contributed by atoms with van der Waals surface area (Å²) in [6, 6.07) is 0. The van der Waals surface area contributed by atoms with Gasteiger partial charge in [-0.15, -0.1) is 0 Å². The van der Waals surface area contributed by atoms with Crippen molar-refractivity contribution >= 4 is 5.91 Å². The smallest absolute Gasteiger partial charge is 0.270 e. The molecule has 0 aromatic rings. The Morgan fingerprint density at radius 2 is 2.09 bits per heavy atom. The molecule has 0 aliphatic heterocycles. The Balaban J connectivity index is 3.64. The summed E-state index contributed by atoms with van der Waals surface area (Å²) in [6.45, 7) is 3.70. The van der Waals surface area contributed by atoms with Crippen molar-refractivity contribution in [2.24, 2.45) is 5.92 Å². The van der Waals surface area contributed by atoms with Gasteiger partial charge >= 0.3 is 0 Å². The number of hydrogen-bond acceptors (Lipinski definition) is 3. The van der Waals surface area contributed by atoms with Crippen LogP contribution in [0.5, 0.6) is 0 Å². The third kappa shape index (κ3) is 3.95. The van der Waals surface area contributed by atoms with E-state index in [1.807, 2.05) is 6.92 Å². The fourth-order valence-corrected chi connectivity index (χ4v) is 0.831. The SMILES string of the molecule is CCCCC(C)C(=O)N(O)O. The van der Waals surface area contributed by atoms with E-state index in [9.17, 15) is 4.79 Å². The molecule has 0 rings (SSSR count). The first kappa shape index (κ1) is 10.4. The van der Waals surface area contributed by atoms with Gasteiger partial charge in [-0.1, -0.05) is 31.9 Å². The van der Waals surface area contributed by atoms with Crippen LogP contribution in [-0.4, -0.2) is 21.5 Å². The highest BCUT2D eigenvalue weighted by atomic mass is 16.8. The predicted molar refractivity (Wildman–Crippen MR) is 39.1 cm³/mol. The molecule has 0 radical (unpaired) electrons. The van der Waals surface area contributed by atoms with Gasteiger partial charge in [-0.3, -0.25) is 15.2 Å². The second-order valence-electron chi connectivity index (χ2n) is 2.67. The van der Waals surface area contributed by atoms with Crippen molar-refractivity contribution in [3.8, 4) is 0 Å². The van der Waals surface area contributed by atoms with Crippen LogP contribution < -0.4 is 0 Å². The molecule has 1 unspecified atom stereocenters. The fourth-order valence-electron chi connectivity index (χ4n) is 0.831. The van der Waals surface area contributed by atoms with Gasteiger partial charge in [-0.05, 0) is 6.42 Å². The molecular formula is C7H15NO3. The molecule has 0 aliphatic carbocycles. The molecule has 0 saturated carbocycles. The lowest BCUT2D eigenvalue weighted by Crippen LogP contribution is -2.29. The minimum Gasteiger partial charge on any atom is -0.270 e. The van der Waals surface area contributed by atoms with E-state index in [2.05, 4.69) is 0 Å². The Morgan fingerprint density at radius 3 is 2.45 bits per heavy atom. The van der Waals surface area contributed by atoms with E-state index in [4.69, 9.17) is 10.4 Å². The van der Waals surface area contributed by atoms with Crippen molar-refractivity contribution in [3.05, 3.63) is 0 Å². The molecule has 2 N–H and O–H groups in total. The highest BCUT2D eigenvalue weighted by molar-refractivity contribution is 5.75. The van der Waals surface area contributed by atoms with Gasteiger partial charge in [0.05, 0.1) is 0 Å². The van der Waals surface area contributed by atoms with Gasteiger partial charge in [-0.25, -0.2) is 0 Å². The van der Waals surface area contributed by atoms with Gasteiger partial charge < -0.3 is 0 Å². The quantitative estimate of drug-likeness (QED) is 0.484. The van der Waals surface area contributed by atoms with Gasteiger partial charge in [-0.2, -0.15) is 0 Å². The highest BCUT2D eigenvalue weighted by Gasteiger charge is 2.16. The number of rotatable bonds is 4. The normalized spacial score (nSPS) is 12.7. The zero-order chi connectivity index (χ0) is 8.85. The average Bonchev–Trinajstić information content (AvgIpc) is 1.98. The van der Waals surface area contributed by atoms with Gasteiger partial charge in [0.2, 0.25) is 0 Å². The monoisotopic (exact) mass is 161 g/mol. The van der Waals surface area contributed by atoms with Gasteiger partial charge in [0.15, 0.2) is 0 Å². The van der Waals surface area contributed by atoms with Crippen LogP contribution in [0.1, 0.15) is 33.1 Å². The average molecular weight is 161 g/mol. The second kappa shape index (κ2) is 5.09.